The molecule has 0 saturated heterocycles. The average Bonchev–Trinajstić information content (AvgIpc) is 3.02. The molecule has 0 saturated carbocycles. The number of hydrogen-bond donors (Lipinski definition) is 0. The Morgan fingerprint density at radius 2 is 1.97 bits per heavy atom. The van der Waals surface area contributed by atoms with Gasteiger partial charge in [-0.15, -0.1) is 0 Å². The number of nitrogens with zero attached hydrogens (tertiary/aromatic N) is 2. The molecule has 0 fully saturated rings. The quantitative estimate of drug-likeness (QED) is 0.382. The number of esters is 1. The number of hydrogen-bond acceptors (Lipinski definition) is 6. The van der Waals surface area contributed by atoms with E-state index in [9.17, 15) is 27.2 Å². The molecule has 0 aliphatic heterocycles. The van der Waals surface area contributed by atoms with Crippen LogP contribution < -0.4 is 0 Å². The van der Waals surface area contributed by atoms with Crippen molar-refractivity contribution in [2.75, 3.05) is 20.7 Å². The number of allylic oxidation sites excluding steroid dienone is 1. The molecule has 0 N–H and O–H groups in total. The normalized spacial score (nSPS) is 12.1. The first kappa shape index (κ1) is 22.4. The van der Waals surface area contributed by atoms with Crippen LogP contribution in [0.25, 0.3) is 16.8 Å². The Morgan fingerprint density at radius 3 is 2.48 bits per heavy atom. The van der Waals surface area contributed by atoms with Crippen LogP contribution in [-0.2, 0) is 9.53 Å². The molecule has 0 atom stereocenters. The van der Waals surface area contributed by atoms with Gasteiger partial charge < -0.3 is 14.2 Å². The van der Waals surface area contributed by atoms with Crippen molar-refractivity contribution in [3.8, 4) is 11.3 Å². The lowest BCUT2D eigenvalue weighted by Crippen LogP contribution is -2.25. The van der Waals surface area contributed by atoms with Gasteiger partial charge in [0.25, 0.3) is 5.78 Å². The Morgan fingerprint density at radius 1 is 1.31 bits per heavy atom. The zero-order valence-electron chi connectivity index (χ0n) is 15.4. The zero-order chi connectivity index (χ0) is 21.9. The molecule has 0 aliphatic carbocycles. The minimum atomic E-state index is -5.27. The largest absolute Gasteiger partial charge is 0.462 e. The molecule has 0 spiro atoms. The lowest BCUT2D eigenvalue weighted by atomic mass is 10.00. The van der Waals surface area contributed by atoms with Crippen molar-refractivity contribution >= 4 is 28.9 Å². The van der Waals surface area contributed by atoms with E-state index in [4.69, 9.17) is 20.9 Å². The summed E-state index contributed by atoms with van der Waals surface area (Å²) in [6.07, 6.45) is -4.46. The highest BCUT2D eigenvalue weighted by atomic mass is 35.5. The maximum Gasteiger partial charge on any atom is 0.455 e. The molecule has 1 aromatic carbocycles. The molecule has 0 bridgehead atoms. The van der Waals surface area contributed by atoms with Crippen molar-refractivity contribution in [1.29, 1.82) is 0 Å². The Bertz CT molecular complexity index is 947. The van der Waals surface area contributed by atoms with E-state index in [0.717, 1.165) is 17.2 Å². The minimum Gasteiger partial charge on any atom is -0.462 e. The van der Waals surface area contributed by atoms with Crippen LogP contribution in [0.15, 0.2) is 28.9 Å². The first-order valence-corrected chi connectivity index (χ1v) is 8.48. The third-order valence-electron chi connectivity index (χ3n) is 3.51. The van der Waals surface area contributed by atoms with Gasteiger partial charge in [-0.2, -0.15) is 13.2 Å². The Balaban J connectivity index is 2.83. The second kappa shape index (κ2) is 8.64. The number of rotatable bonds is 6. The van der Waals surface area contributed by atoms with Gasteiger partial charge in [0.2, 0.25) is 0 Å². The number of carbonyl (C=O) groups is 2. The van der Waals surface area contributed by atoms with E-state index in [1.54, 1.807) is 0 Å². The molecular formula is C18H15ClF4N2O4. The van der Waals surface area contributed by atoms with Crippen LogP contribution in [-0.4, -0.2) is 48.7 Å². The van der Waals surface area contributed by atoms with Crippen LogP contribution in [0.4, 0.5) is 17.6 Å². The third-order valence-corrected chi connectivity index (χ3v) is 3.82. The molecule has 6 nitrogen and oxygen atoms in total. The van der Waals surface area contributed by atoms with Gasteiger partial charge in [0.15, 0.2) is 5.76 Å². The fraction of sp³-hybridized carbons (Fsp3) is 0.278. The monoisotopic (exact) mass is 434 g/mol. The molecule has 156 valence electrons. The van der Waals surface area contributed by atoms with E-state index in [-0.39, 0.29) is 17.2 Å². The molecule has 0 aliphatic rings. The van der Waals surface area contributed by atoms with Gasteiger partial charge in [-0.1, -0.05) is 22.8 Å². The Kier molecular flexibility index (Phi) is 6.68. The second-order valence-corrected chi connectivity index (χ2v) is 6.29. The summed E-state index contributed by atoms with van der Waals surface area (Å²) in [5, 5.41) is 3.35. The molecule has 0 amide bonds. The highest BCUT2D eigenvalue weighted by Crippen LogP contribution is 2.37. The van der Waals surface area contributed by atoms with E-state index >= 15 is 0 Å². The predicted octanol–water partition coefficient (Wildman–Crippen LogP) is 4.34. The number of ketones is 1. The van der Waals surface area contributed by atoms with Crippen molar-refractivity contribution in [3.05, 3.63) is 46.6 Å². The van der Waals surface area contributed by atoms with Gasteiger partial charge in [-0.25, -0.2) is 9.18 Å². The summed E-state index contributed by atoms with van der Waals surface area (Å²) in [6.45, 7) is 1.31. The second-order valence-electron chi connectivity index (χ2n) is 5.89. The van der Waals surface area contributed by atoms with Crippen molar-refractivity contribution < 1.29 is 36.4 Å². The molecule has 2 aromatic rings. The van der Waals surface area contributed by atoms with Crippen LogP contribution >= 0.6 is 11.6 Å². The number of carbonyl (C=O) groups excluding carboxylic acids is 2. The number of alkyl halides is 3. The summed E-state index contributed by atoms with van der Waals surface area (Å²) in [6, 6.07) is 3.60. The van der Waals surface area contributed by atoms with Crippen molar-refractivity contribution in [2.45, 2.75) is 13.1 Å². The third kappa shape index (κ3) is 4.76. The van der Waals surface area contributed by atoms with E-state index in [1.807, 2.05) is 0 Å². The first-order chi connectivity index (χ1) is 13.5. The fourth-order valence-electron chi connectivity index (χ4n) is 2.39. The molecule has 0 radical (unpaired) electrons. The number of benzene rings is 1. The van der Waals surface area contributed by atoms with Crippen LogP contribution in [0.5, 0.6) is 0 Å². The lowest BCUT2D eigenvalue weighted by Gasteiger charge is -2.12. The van der Waals surface area contributed by atoms with Gasteiger partial charge in [-0.3, -0.25) is 4.79 Å². The molecular weight excluding hydrogens is 420 g/mol. The summed E-state index contributed by atoms with van der Waals surface area (Å²) in [4.78, 5) is 25.6. The maximum absolute atomic E-state index is 14.3. The summed E-state index contributed by atoms with van der Waals surface area (Å²) in [5.74, 6) is -5.14. The lowest BCUT2D eigenvalue weighted by molar-refractivity contribution is -0.164. The van der Waals surface area contributed by atoms with Gasteiger partial charge in [0.05, 0.1) is 22.8 Å². The Labute approximate surface area is 167 Å². The summed E-state index contributed by atoms with van der Waals surface area (Å²) >= 11 is 5.98. The number of Topliss-reactive ketones (excluding diaryl/α,β-unsaturated/α-hetero) is 1. The highest BCUT2D eigenvalue weighted by Gasteiger charge is 2.44. The topological polar surface area (TPSA) is 72.6 Å². The molecule has 11 heteroatoms. The van der Waals surface area contributed by atoms with Gasteiger partial charge in [0, 0.05) is 20.3 Å². The number of aromatic nitrogens is 1. The molecule has 1 aromatic heterocycles. The van der Waals surface area contributed by atoms with Crippen LogP contribution in [0.2, 0.25) is 5.02 Å². The summed E-state index contributed by atoms with van der Waals surface area (Å²) < 4.78 is 63.4. The van der Waals surface area contributed by atoms with E-state index in [2.05, 4.69) is 5.16 Å². The highest BCUT2D eigenvalue weighted by molar-refractivity contribution is 6.33. The molecule has 1 heterocycles. The van der Waals surface area contributed by atoms with Crippen molar-refractivity contribution in [1.82, 2.24) is 10.1 Å². The average molecular weight is 435 g/mol. The van der Waals surface area contributed by atoms with E-state index in [1.165, 1.54) is 33.2 Å². The SMILES string of the molecule is CCOC(=O)c1c(-c2c(F)cccc2Cl)noc1/C(=C/N(C)C)C(=O)C(F)(F)F. The fourth-order valence-corrected chi connectivity index (χ4v) is 2.65. The van der Waals surface area contributed by atoms with Gasteiger partial charge >= 0.3 is 12.1 Å². The molecule has 0 unspecified atom stereocenters. The molecule has 2 rings (SSSR count). The number of ether oxygens (including phenoxy) is 1. The van der Waals surface area contributed by atoms with Gasteiger partial charge in [-0.05, 0) is 19.1 Å². The van der Waals surface area contributed by atoms with Crippen LogP contribution in [0.1, 0.15) is 23.0 Å². The standard InChI is InChI=1S/C18H15ClF4N2O4/c1-4-28-17(27)13-14(12-10(19)6-5-7-11(12)20)24-29-15(13)9(8-25(2)3)16(26)18(21,22)23/h5-8H,4H2,1-3H3/b9-8-. The van der Waals surface area contributed by atoms with Crippen LogP contribution in [0, 0.1) is 5.82 Å². The first-order valence-electron chi connectivity index (χ1n) is 8.10. The maximum atomic E-state index is 14.3. The van der Waals surface area contributed by atoms with Crippen molar-refractivity contribution in [3.63, 3.8) is 0 Å². The van der Waals surface area contributed by atoms with Crippen molar-refractivity contribution in [2.24, 2.45) is 0 Å². The number of halogens is 5. The summed E-state index contributed by atoms with van der Waals surface area (Å²) in [5.41, 5.74) is -2.52. The zero-order valence-corrected chi connectivity index (χ0v) is 16.2. The smallest absolute Gasteiger partial charge is 0.455 e. The van der Waals surface area contributed by atoms with Gasteiger partial charge in [0.1, 0.15) is 17.1 Å². The van der Waals surface area contributed by atoms with E-state index in [0.29, 0.717) is 0 Å². The molecule has 29 heavy (non-hydrogen) atoms. The van der Waals surface area contributed by atoms with E-state index < -0.39 is 46.3 Å². The summed E-state index contributed by atoms with van der Waals surface area (Å²) in [7, 11) is 2.72. The Hall–Kier alpha value is -2.88. The predicted molar refractivity (Wildman–Crippen MR) is 95.6 cm³/mol. The van der Waals surface area contributed by atoms with Crippen LogP contribution in [0.3, 0.4) is 0 Å². The minimum absolute atomic E-state index is 0.145.